The van der Waals surface area contributed by atoms with Gasteiger partial charge in [0, 0.05) is 31.3 Å². The molecule has 0 radical (unpaired) electrons. The fraction of sp³-hybridized carbons (Fsp3) is 0.440. The minimum atomic E-state index is 0.0207. The lowest BCUT2D eigenvalue weighted by atomic mass is 9.95. The number of aromatic nitrogens is 2. The van der Waals surface area contributed by atoms with E-state index in [0.29, 0.717) is 16.7 Å². The maximum absolute atomic E-state index is 12.7. The summed E-state index contributed by atoms with van der Waals surface area (Å²) >= 11 is 12.7. The van der Waals surface area contributed by atoms with Crippen LogP contribution in [0.5, 0.6) is 0 Å². The van der Waals surface area contributed by atoms with Crippen LogP contribution in [0.2, 0.25) is 10.0 Å². The van der Waals surface area contributed by atoms with Crippen LogP contribution in [-0.4, -0.2) is 47.8 Å². The molecule has 0 bridgehead atoms. The Hall–Kier alpha value is -2.28. The van der Waals surface area contributed by atoms with E-state index in [1.165, 1.54) is 5.56 Å². The van der Waals surface area contributed by atoms with Crippen molar-refractivity contribution in [2.75, 3.05) is 31.2 Å². The summed E-state index contributed by atoms with van der Waals surface area (Å²) in [4.78, 5) is 19.9. The van der Waals surface area contributed by atoms with Crippen molar-refractivity contribution < 1.29 is 9.53 Å². The lowest BCUT2D eigenvalue weighted by molar-refractivity contribution is -0.126. The van der Waals surface area contributed by atoms with Gasteiger partial charge in [-0.25, -0.2) is 4.98 Å². The van der Waals surface area contributed by atoms with Crippen LogP contribution in [0.3, 0.4) is 0 Å². The normalized spacial score (nSPS) is 19.4. The third-order valence-electron chi connectivity index (χ3n) is 6.71. The standard InChI is InChI=1S/C25H28Cl2N4O2/c1-2-16-3-5-19(6-4-16)31-23-14-21(27)20(26)13-22(23)29-25(31)30-10-7-17(8-11-30)24(32)28-18-9-12-33-15-18/h3-6,13-14,17-18H,2,7-12,15H2,1H3,(H,28,32). The molecular formula is C25H28Cl2N4O2. The predicted octanol–water partition coefficient (Wildman–Crippen LogP) is 5.02. The number of nitrogens with one attached hydrogen (secondary N) is 1. The van der Waals surface area contributed by atoms with Crippen molar-refractivity contribution in [3.63, 3.8) is 0 Å². The number of piperidine rings is 1. The van der Waals surface area contributed by atoms with Gasteiger partial charge in [0.1, 0.15) is 0 Å². The summed E-state index contributed by atoms with van der Waals surface area (Å²) in [6.45, 7) is 5.02. The average molecular weight is 487 g/mol. The molecule has 1 atom stereocenters. The number of nitrogens with zero attached hydrogens (tertiary/aromatic N) is 3. The number of carbonyl (C=O) groups excluding carboxylic acids is 1. The lowest BCUT2D eigenvalue weighted by Gasteiger charge is -2.32. The third-order valence-corrected chi connectivity index (χ3v) is 7.43. The van der Waals surface area contributed by atoms with Crippen molar-refractivity contribution in [3.05, 3.63) is 52.0 Å². The molecule has 0 spiro atoms. The minimum absolute atomic E-state index is 0.0207. The van der Waals surface area contributed by atoms with Gasteiger partial charge in [0.05, 0.1) is 33.7 Å². The average Bonchev–Trinajstić information content (AvgIpc) is 3.47. The largest absolute Gasteiger partial charge is 0.379 e. The van der Waals surface area contributed by atoms with E-state index in [2.05, 4.69) is 46.0 Å². The van der Waals surface area contributed by atoms with Gasteiger partial charge in [0.15, 0.2) is 0 Å². The molecule has 33 heavy (non-hydrogen) atoms. The van der Waals surface area contributed by atoms with Gasteiger partial charge in [-0.15, -0.1) is 0 Å². The maximum atomic E-state index is 12.7. The highest BCUT2D eigenvalue weighted by Crippen LogP contribution is 2.34. The summed E-state index contributed by atoms with van der Waals surface area (Å²) in [7, 11) is 0. The van der Waals surface area contributed by atoms with E-state index in [4.69, 9.17) is 32.9 Å². The molecule has 1 aromatic heterocycles. The summed E-state index contributed by atoms with van der Waals surface area (Å²) < 4.78 is 7.53. The highest BCUT2D eigenvalue weighted by atomic mass is 35.5. The maximum Gasteiger partial charge on any atom is 0.223 e. The number of aryl methyl sites for hydroxylation is 1. The number of amides is 1. The molecule has 2 fully saturated rings. The van der Waals surface area contributed by atoms with Crippen LogP contribution in [0.15, 0.2) is 36.4 Å². The number of benzene rings is 2. The Kier molecular flexibility index (Phi) is 6.50. The fourth-order valence-electron chi connectivity index (χ4n) is 4.72. The molecule has 5 rings (SSSR count). The number of rotatable bonds is 5. The van der Waals surface area contributed by atoms with Crippen LogP contribution in [0.25, 0.3) is 16.7 Å². The van der Waals surface area contributed by atoms with Crippen LogP contribution in [0.4, 0.5) is 5.95 Å². The Morgan fingerprint density at radius 3 is 2.52 bits per heavy atom. The van der Waals surface area contributed by atoms with E-state index in [-0.39, 0.29) is 17.9 Å². The first-order chi connectivity index (χ1) is 16.0. The van der Waals surface area contributed by atoms with Crippen LogP contribution in [0.1, 0.15) is 31.7 Å². The first kappa shape index (κ1) is 22.5. The fourth-order valence-corrected chi connectivity index (χ4v) is 5.03. The molecule has 0 saturated carbocycles. The van der Waals surface area contributed by atoms with Gasteiger partial charge >= 0.3 is 0 Å². The molecule has 1 N–H and O–H groups in total. The second-order valence-corrected chi connectivity index (χ2v) is 9.67. The van der Waals surface area contributed by atoms with Gasteiger partial charge in [0.25, 0.3) is 0 Å². The first-order valence-electron chi connectivity index (χ1n) is 11.6. The highest BCUT2D eigenvalue weighted by molar-refractivity contribution is 6.42. The van der Waals surface area contributed by atoms with E-state index in [0.717, 1.165) is 68.0 Å². The number of imidazole rings is 1. The Bertz CT molecular complexity index is 1150. The molecule has 1 unspecified atom stereocenters. The molecule has 3 heterocycles. The van der Waals surface area contributed by atoms with Crippen LogP contribution in [-0.2, 0) is 16.0 Å². The van der Waals surface area contributed by atoms with Crippen molar-refractivity contribution >= 4 is 46.1 Å². The monoisotopic (exact) mass is 486 g/mol. The molecule has 8 heteroatoms. The van der Waals surface area contributed by atoms with Crippen molar-refractivity contribution in [1.29, 1.82) is 0 Å². The number of halogens is 2. The molecule has 2 saturated heterocycles. The molecular weight excluding hydrogens is 459 g/mol. The summed E-state index contributed by atoms with van der Waals surface area (Å²) in [5.74, 6) is 1.02. The summed E-state index contributed by atoms with van der Waals surface area (Å²) in [6.07, 6.45) is 3.47. The number of ether oxygens (including phenoxy) is 1. The summed E-state index contributed by atoms with van der Waals surface area (Å²) in [6, 6.07) is 12.4. The van der Waals surface area contributed by atoms with Gasteiger partial charge in [-0.3, -0.25) is 9.36 Å². The molecule has 2 aromatic carbocycles. The predicted molar refractivity (Wildman–Crippen MR) is 133 cm³/mol. The smallest absolute Gasteiger partial charge is 0.223 e. The SMILES string of the molecule is CCc1ccc(-n2c(N3CCC(C(=O)NC4CCOC4)CC3)nc3cc(Cl)c(Cl)cc32)cc1. The Morgan fingerprint density at radius 1 is 1.12 bits per heavy atom. The molecule has 1 amide bonds. The molecule has 0 aliphatic carbocycles. The number of fused-ring (bicyclic) bond motifs is 1. The van der Waals surface area contributed by atoms with E-state index in [9.17, 15) is 4.79 Å². The zero-order valence-electron chi connectivity index (χ0n) is 18.7. The van der Waals surface area contributed by atoms with E-state index < -0.39 is 0 Å². The Balaban J connectivity index is 1.42. The summed E-state index contributed by atoms with van der Waals surface area (Å²) in [5.41, 5.74) is 4.04. The van der Waals surface area contributed by atoms with Gasteiger partial charge < -0.3 is 15.0 Å². The molecule has 6 nitrogen and oxygen atoms in total. The number of hydrogen-bond donors (Lipinski definition) is 1. The molecule has 174 valence electrons. The second-order valence-electron chi connectivity index (χ2n) is 8.85. The van der Waals surface area contributed by atoms with Crippen molar-refractivity contribution in [2.45, 2.75) is 38.6 Å². The zero-order valence-corrected chi connectivity index (χ0v) is 20.2. The van der Waals surface area contributed by atoms with E-state index in [1.54, 1.807) is 0 Å². The zero-order chi connectivity index (χ0) is 22.9. The first-order valence-corrected chi connectivity index (χ1v) is 12.4. The lowest BCUT2D eigenvalue weighted by Crippen LogP contribution is -2.44. The topological polar surface area (TPSA) is 59.4 Å². The van der Waals surface area contributed by atoms with Gasteiger partial charge in [-0.1, -0.05) is 42.3 Å². The molecule has 2 aliphatic rings. The number of anilines is 1. The van der Waals surface area contributed by atoms with Gasteiger partial charge in [0.2, 0.25) is 11.9 Å². The number of hydrogen-bond acceptors (Lipinski definition) is 4. The number of carbonyl (C=O) groups is 1. The molecule has 3 aromatic rings. The van der Waals surface area contributed by atoms with Crippen LogP contribution >= 0.6 is 23.2 Å². The van der Waals surface area contributed by atoms with Crippen molar-refractivity contribution in [3.8, 4) is 5.69 Å². The Labute approximate surface area is 203 Å². The minimum Gasteiger partial charge on any atom is -0.379 e. The van der Waals surface area contributed by atoms with Crippen molar-refractivity contribution in [1.82, 2.24) is 14.9 Å². The highest BCUT2D eigenvalue weighted by Gasteiger charge is 2.30. The van der Waals surface area contributed by atoms with Gasteiger partial charge in [-0.05, 0) is 55.5 Å². The van der Waals surface area contributed by atoms with E-state index in [1.807, 2.05) is 12.1 Å². The van der Waals surface area contributed by atoms with Crippen molar-refractivity contribution in [2.24, 2.45) is 5.92 Å². The van der Waals surface area contributed by atoms with Crippen LogP contribution < -0.4 is 10.2 Å². The van der Waals surface area contributed by atoms with Gasteiger partial charge in [-0.2, -0.15) is 0 Å². The molecule has 2 aliphatic heterocycles. The Morgan fingerprint density at radius 2 is 1.85 bits per heavy atom. The quantitative estimate of drug-likeness (QED) is 0.550. The second kappa shape index (κ2) is 9.53. The third kappa shape index (κ3) is 4.57. The van der Waals surface area contributed by atoms with E-state index >= 15 is 0 Å². The summed E-state index contributed by atoms with van der Waals surface area (Å²) in [5, 5.41) is 4.15. The van der Waals surface area contributed by atoms with Crippen LogP contribution in [0, 0.1) is 5.92 Å².